The maximum atomic E-state index is 5.40. The van der Waals surface area contributed by atoms with Crippen LogP contribution in [-0.4, -0.2) is 70.4 Å². The predicted octanol–water partition coefficient (Wildman–Crippen LogP) is 2.65. The van der Waals surface area contributed by atoms with E-state index in [1.54, 1.807) is 0 Å². The van der Waals surface area contributed by atoms with Crippen LogP contribution in [0.15, 0.2) is 24.9 Å². The minimum Gasteiger partial charge on any atom is -0.378 e. The highest BCUT2D eigenvalue weighted by atomic mass is 35.5. The summed E-state index contributed by atoms with van der Waals surface area (Å²) in [4.78, 5) is 18.3. The molecule has 0 N–H and O–H groups in total. The van der Waals surface area contributed by atoms with Crippen molar-refractivity contribution in [2.45, 2.75) is 32.2 Å². The van der Waals surface area contributed by atoms with Crippen LogP contribution >= 0.6 is 12.4 Å². The van der Waals surface area contributed by atoms with Crippen molar-refractivity contribution in [2.24, 2.45) is 0 Å². The molecule has 7 nitrogen and oxygen atoms in total. The first-order valence-electron chi connectivity index (χ1n) is 9.74. The molecule has 2 aliphatic rings. The monoisotopic (exact) mass is 392 g/mol. The molecule has 2 fully saturated rings. The Morgan fingerprint density at radius 2 is 1.74 bits per heavy atom. The molecule has 0 radical (unpaired) electrons. The van der Waals surface area contributed by atoms with Gasteiger partial charge in [-0.15, -0.1) is 12.4 Å². The first kappa shape index (κ1) is 20.0. The van der Waals surface area contributed by atoms with Crippen molar-refractivity contribution in [3.63, 3.8) is 0 Å². The normalized spacial score (nSPS) is 19.1. The highest BCUT2D eigenvalue weighted by molar-refractivity contribution is 5.85. The second kappa shape index (κ2) is 9.48. The lowest BCUT2D eigenvalue weighted by molar-refractivity contribution is 0.122. The van der Waals surface area contributed by atoms with Gasteiger partial charge >= 0.3 is 0 Å². The molecule has 0 saturated carbocycles. The zero-order valence-electron chi connectivity index (χ0n) is 16.0. The molecule has 4 rings (SSSR count). The Bertz CT molecular complexity index is 694. The van der Waals surface area contributed by atoms with E-state index in [9.17, 15) is 0 Å². The van der Waals surface area contributed by atoms with Crippen molar-refractivity contribution in [3.8, 4) is 11.3 Å². The van der Waals surface area contributed by atoms with Gasteiger partial charge in [0.2, 0.25) is 5.95 Å². The fourth-order valence-electron chi connectivity index (χ4n) is 3.88. The van der Waals surface area contributed by atoms with Gasteiger partial charge in [-0.3, -0.25) is 0 Å². The van der Waals surface area contributed by atoms with Gasteiger partial charge in [-0.25, -0.2) is 15.0 Å². The van der Waals surface area contributed by atoms with Crippen LogP contribution in [0.5, 0.6) is 0 Å². The van der Waals surface area contributed by atoms with E-state index >= 15 is 0 Å². The van der Waals surface area contributed by atoms with Crippen LogP contribution in [0.1, 0.15) is 32.2 Å². The topological polar surface area (TPSA) is 59.3 Å². The number of hydrogen-bond donors (Lipinski definition) is 0. The second-order valence-electron chi connectivity index (χ2n) is 7.13. The summed E-state index contributed by atoms with van der Waals surface area (Å²) >= 11 is 0. The molecule has 4 heterocycles. The van der Waals surface area contributed by atoms with Gasteiger partial charge in [-0.1, -0.05) is 6.92 Å². The van der Waals surface area contributed by atoms with E-state index in [0.717, 1.165) is 56.5 Å². The molecule has 2 aliphatic heterocycles. The van der Waals surface area contributed by atoms with E-state index in [2.05, 4.69) is 36.2 Å². The Balaban J connectivity index is 0.00000210. The number of nitrogens with zero attached hydrogens (tertiary/aromatic N) is 6. The summed E-state index contributed by atoms with van der Waals surface area (Å²) < 4.78 is 7.70. The number of likely N-dealkylation sites (tertiary alicyclic amines) is 1. The molecule has 0 bridgehead atoms. The van der Waals surface area contributed by atoms with Crippen molar-refractivity contribution in [1.29, 1.82) is 0 Å². The van der Waals surface area contributed by atoms with Crippen LogP contribution in [0.4, 0.5) is 5.95 Å². The van der Waals surface area contributed by atoms with Gasteiger partial charge in [0.1, 0.15) is 0 Å². The average Bonchev–Trinajstić information content (AvgIpc) is 3.39. The fourth-order valence-corrected chi connectivity index (χ4v) is 3.88. The summed E-state index contributed by atoms with van der Waals surface area (Å²) in [5, 5.41) is 0. The number of hydrogen-bond acceptors (Lipinski definition) is 6. The molecular weight excluding hydrogens is 364 g/mol. The van der Waals surface area contributed by atoms with Crippen molar-refractivity contribution < 1.29 is 4.74 Å². The number of ether oxygens (including phenoxy) is 1. The predicted molar refractivity (Wildman–Crippen MR) is 109 cm³/mol. The number of rotatable bonds is 6. The van der Waals surface area contributed by atoms with Crippen molar-refractivity contribution in [1.82, 2.24) is 24.4 Å². The number of anilines is 1. The van der Waals surface area contributed by atoms with Crippen LogP contribution in [-0.2, 0) is 4.74 Å². The third-order valence-corrected chi connectivity index (χ3v) is 5.43. The maximum Gasteiger partial charge on any atom is 0.225 e. The molecule has 0 aliphatic carbocycles. The summed E-state index contributed by atoms with van der Waals surface area (Å²) in [6.07, 6.45) is 11.5. The molecule has 1 atom stereocenters. The first-order chi connectivity index (χ1) is 12.8. The van der Waals surface area contributed by atoms with E-state index < -0.39 is 0 Å². The number of halogens is 1. The van der Waals surface area contributed by atoms with Crippen molar-refractivity contribution in [2.75, 3.05) is 50.8 Å². The summed E-state index contributed by atoms with van der Waals surface area (Å²) in [6.45, 7) is 8.97. The number of morpholine rings is 1. The van der Waals surface area contributed by atoms with E-state index in [-0.39, 0.29) is 12.4 Å². The maximum absolute atomic E-state index is 5.40. The van der Waals surface area contributed by atoms with Gasteiger partial charge < -0.3 is 19.1 Å². The Hall–Kier alpha value is -1.70. The summed E-state index contributed by atoms with van der Waals surface area (Å²) in [6, 6.07) is 0.435. The lowest BCUT2D eigenvalue weighted by Crippen LogP contribution is -2.37. The van der Waals surface area contributed by atoms with Gasteiger partial charge in [-0.2, -0.15) is 0 Å². The lowest BCUT2D eigenvalue weighted by atomic mass is 10.1. The van der Waals surface area contributed by atoms with Crippen LogP contribution < -0.4 is 4.90 Å². The van der Waals surface area contributed by atoms with Gasteiger partial charge in [-0.05, 0) is 32.4 Å². The lowest BCUT2D eigenvalue weighted by Gasteiger charge is -2.27. The van der Waals surface area contributed by atoms with Gasteiger partial charge in [0, 0.05) is 43.6 Å². The molecule has 2 aromatic heterocycles. The Morgan fingerprint density at radius 3 is 2.41 bits per heavy atom. The molecule has 0 amide bonds. The van der Waals surface area contributed by atoms with Crippen LogP contribution in [0.2, 0.25) is 0 Å². The zero-order valence-corrected chi connectivity index (χ0v) is 16.8. The molecule has 2 aromatic rings. The number of imidazole rings is 1. The summed E-state index contributed by atoms with van der Waals surface area (Å²) in [7, 11) is 0. The fraction of sp³-hybridized carbons (Fsp3) is 0.632. The summed E-state index contributed by atoms with van der Waals surface area (Å²) in [5.74, 6) is 0.784. The molecule has 1 unspecified atom stereocenters. The molecule has 148 valence electrons. The third kappa shape index (κ3) is 4.59. The average molecular weight is 393 g/mol. The minimum absolute atomic E-state index is 0. The molecule has 8 heteroatoms. The van der Waals surface area contributed by atoms with Crippen LogP contribution in [0, 0.1) is 0 Å². The molecule has 2 saturated heterocycles. The third-order valence-electron chi connectivity index (χ3n) is 5.43. The van der Waals surface area contributed by atoms with Gasteiger partial charge in [0.15, 0.2) is 0 Å². The Kier molecular flexibility index (Phi) is 7.04. The molecule has 0 spiro atoms. The molecular formula is C19H29ClN6O. The van der Waals surface area contributed by atoms with Crippen molar-refractivity contribution in [3.05, 3.63) is 24.9 Å². The smallest absolute Gasteiger partial charge is 0.225 e. The second-order valence-corrected chi connectivity index (χ2v) is 7.13. The highest BCUT2D eigenvalue weighted by Crippen LogP contribution is 2.25. The minimum atomic E-state index is 0. The Labute approximate surface area is 167 Å². The van der Waals surface area contributed by atoms with E-state index in [4.69, 9.17) is 4.74 Å². The Morgan fingerprint density at radius 1 is 1.04 bits per heavy atom. The first-order valence-corrected chi connectivity index (χ1v) is 9.74. The summed E-state index contributed by atoms with van der Waals surface area (Å²) in [5.41, 5.74) is 2.13. The van der Waals surface area contributed by atoms with Crippen LogP contribution in [0.3, 0.4) is 0 Å². The largest absolute Gasteiger partial charge is 0.378 e. The standard InChI is InChI=1S/C19H28N6O.ClH/c1-2-17(14-23-5-3-4-6-23)25-15-20-13-18(25)16-11-21-19(22-12-16)24-7-9-26-10-8-24;/h11-13,15,17H,2-10,14H2,1H3;1H. The number of aromatic nitrogens is 4. The van der Waals surface area contributed by atoms with Gasteiger partial charge in [0.05, 0.1) is 31.4 Å². The van der Waals surface area contributed by atoms with Crippen molar-refractivity contribution >= 4 is 18.4 Å². The van der Waals surface area contributed by atoms with Crippen LogP contribution in [0.25, 0.3) is 11.3 Å². The molecule has 27 heavy (non-hydrogen) atoms. The molecule has 0 aromatic carbocycles. The van der Waals surface area contributed by atoms with E-state index in [0.29, 0.717) is 6.04 Å². The van der Waals surface area contributed by atoms with E-state index in [1.165, 1.54) is 25.9 Å². The van der Waals surface area contributed by atoms with Gasteiger partial charge in [0.25, 0.3) is 0 Å². The highest BCUT2D eigenvalue weighted by Gasteiger charge is 2.20. The SMILES string of the molecule is CCC(CN1CCCC1)n1cncc1-c1cnc(N2CCOCC2)nc1.Cl. The van der Waals surface area contributed by atoms with E-state index in [1.807, 2.05) is 24.9 Å². The zero-order chi connectivity index (χ0) is 17.8. The quantitative estimate of drug-likeness (QED) is 0.753.